The molecular formula is C27H45N2O8P. The van der Waals surface area contributed by atoms with E-state index in [4.69, 9.17) is 25.2 Å². The fourth-order valence-corrected chi connectivity index (χ4v) is 5.77. The van der Waals surface area contributed by atoms with Crippen LogP contribution >= 0.6 is 7.60 Å². The molecule has 1 aromatic rings. The summed E-state index contributed by atoms with van der Waals surface area (Å²) in [5.74, 6) is 2.39. The van der Waals surface area contributed by atoms with E-state index in [1.54, 1.807) is 13.8 Å². The molecule has 216 valence electrons. The summed E-state index contributed by atoms with van der Waals surface area (Å²) in [4.78, 5) is 37.2. The molecule has 0 spiro atoms. The topological polar surface area (TPSA) is 129 Å². The Morgan fingerprint density at radius 2 is 1.89 bits per heavy atom. The number of unbranched alkanes of at least 4 members (excludes halogenated alkanes) is 4. The Labute approximate surface area is 226 Å². The van der Waals surface area contributed by atoms with Crippen molar-refractivity contribution in [1.29, 1.82) is 0 Å². The Morgan fingerprint density at radius 1 is 1.16 bits per heavy atom. The molecule has 1 aromatic heterocycles. The van der Waals surface area contributed by atoms with Gasteiger partial charge in [-0.25, -0.2) is 4.79 Å². The largest absolute Gasteiger partial charge is 0.375 e. The van der Waals surface area contributed by atoms with Crippen LogP contribution in [0.4, 0.5) is 0 Å². The van der Waals surface area contributed by atoms with Crippen molar-refractivity contribution in [3.63, 3.8) is 0 Å². The monoisotopic (exact) mass is 556 g/mol. The molecule has 0 amide bonds. The van der Waals surface area contributed by atoms with Crippen LogP contribution in [0, 0.1) is 12.3 Å². The second kappa shape index (κ2) is 16.4. The number of aromatic nitrogens is 2. The molecule has 2 N–H and O–H groups in total. The van der Waals surface area contributed by atoms with Crippen molar-refractivity contribution in [2.45, 2.75) is 122 Å². The Hall–Kier alpha value is -1.73. The lowest BCUT2D eigenvalue weighted by Gasteiger charge is -2.29. The van der Waals surface area contributed by atoms with Crippen molar-refractivity contribution in [3.8, 4) is 12.3 Å². The van der Waals surface area contributed by atoms with E-state index in [9.17, 15) is 19.0 Å². The minimum atomic E-state index is -4.08. The summed E-state index contributed by atoms with van der Waals surface area (Å²) >= 11 is 0. The predicted molar refractivity (Wildman–Crippen MR) is 146 cm³/mol. The van der Waals surface area contributed by atoms with E-state index < -0.39 is 49.0 Å². The van der Waals surface area contributed by atoms with E-state index in [1.165, 1.54) is 36.1 Å². The van der Waals surface area contributed by atoms with Crippen molar-refractivity contribution in [3.05, 3.63) is 33.1 Å². The third kappa shape index (κ3) is 9.48. The lowest BCUT2D eigenvalue weighted by atomic mass is 10.0. The maximum atomic E-state index is 13.1. The number of nitrogens with one attached hydrogen (secondary N) is 1. The first-order valence-electron chi connectivity index (χ1n) is 13.8. The molecule has 1 aliphatic rings. The zero-order valence-electron chi connectivity index (χ0n) is 23.2. The first kappa shape index (κ1) is 32.5. The molecule has 38 heavy (non-hydrogen) atoms. The van der Waals surface area contributed by atoms with Gasteiger partial charge in [0.25, 0.3) is 5.56 Å². The van der Waals surface area contributed by atoms with Gasteiger partial charge in [-0.15, -0.1) is 6.42 Å². The quantitative estimate of drug-likeness (QED) is 0.155. The molecule has 7 atom stereocenters. The van der Waals surface area contributed by atoms with E-state index in [-0.39, 0.29) is 19.3 Å². The van der Waals surface area contributed by atoms with Crippen LogP contribution in [0.25, 0.3) is 0 Å². The highest BCUT2D eigenvalue weighted by Gasteiger charge is 2.51. The second-order valence-corrected chi connectivity index (χ2v) is 12.1. The summed E-state index contributed by atoms with van der Waals surface area (Å²) in [6, 6.07) is 1.19. The molecule has 11 heteroatoms. The molecule has 0 bridgehead atoms. The summed E-state index contributed by atoms with van der Waals surface area (Å²) in [5.41, 5.74) is -1.89. The Balaban J connectivity index is 2.31. The molecule has 1 aliphatic heterocycles. The normalized spacial score (nSPS) is 24.5. The van der Waals surface area contributed by atoms with E-state index in [0.29, 0.717) is 6.42 Å². The van der Waals surface area contributed by atoms with Crippen molar-refractivity contribution >= 4 is 7.60 Å². The number of rotatable bonds is 18. The summed E-state index contributed by atoms with van der Waals surface area (Å²) < 4.78 is 38.4. The van der Waals surface area contributed by atoms with Gasteiger partial charge in [-0.3, -0.25) is 23.4 Å². The number of hydrogen-bond acceptors (Lipinski definition) is 7. The van der Waals surface area contributed by atoms with Crippen molar-refractivity contribution in [2.24, 2.45) is 0 Å². The lowest BCUT2D eigenvalue weighted by molar-refractivity contribution is -0.0877. The van der Waals surface area contributed by atoms with Crippen LogP contribution in [0.5, 0.6) is 0 Å². The highest BCUT2D eigenvalue weighted by atomic mass is 31.2. The van der Waals surface area contributed by atoms with Crippen LogP contribution in [0.1, 0.15) is 91.7 Å². The SMILES string of the molecule is C#CCOC1C(OP(=O)(O)C(C)CC)C(COC(CCC)CCCCCCC)OC1n1ccc(=O)[nH]c1=O. The van der Waals surface area contributed by atoms with Crippen LogP contribution in [0.15, 0.2) is 21.9 Å². The standard InChI is InChI=1S/C27H45N2O8P/c1-6-10-11-12-13-15-21(14-7-2)35-19-22-24(37-38(32,33)20(5)9-4)25(34-18-8-3)26(36-22)29-17-16-23(30)28-27(29)31/h3,16-17,20-22,24-26H,6-7,9-15,18-19H2,1-2,4-5H3,(H,32,33)(H,28,30,31). The van der Waals surface area contributed by atoms with E-state index in [0.717, 1.165) is 32.1 Å². The molecule has 0 radical (unpaired) electrons. The highest BCUT2D eigenvalue weighted by Crippen LogP contribution is 2.52. The average Bonchev–Trinajstić information content (AvgIpc) is 3.20. The van der Waals surface area contributed by atoms with Crippen LogP contribution in [-0.4, -0.2) is 57.7 Å². The molecule has 2 heterocycles. The Morgan fingerprint density at radius 3 is 2.53 bits per heavy atom. The van der Waals surface area contributed by atoms with E-state index >= 15 is 0 Å². The molecule has 7 unspecified atom stereocenters. The molecule has 1 saturated heterocycles. The molecule has 0 aliphatic carbocycles. The number of hydrogen-bond donors (Lipinski definition) is 2. The summed E-state index contributed by atoms with van der Waals surface area (Å²) in [5, 5.41) is 0. The van der Waals surface area contributed by atoms with Crippen LogP contribution in [-0.2, 0) is 23.3 Å². The predicted octanol–water partition coefficient (Wildman–Crippen LogP) is 4.37. The van der Waals surface area contributed by atoms with Gasteiger partial charge in [0.05, 0.1) is 18.4 Å². The summed E-state index contributed by atoms with van der Waals surface area (Å²) in [7, 11) is -4.08. The third-order valence-corrected chi connectivity index (χ3v) is 8.95. The van der Waals surface area contributed by atoms with E-state index in [2.05, 4.69) is 24.8 Å². The number of H-pyrrole nitrogens is 1. The maximum absolute atomic E-state index is 13.1. The van der Waals surface area contributed by atoms with Gasteiger partial charge in [-0.05, 0) is 19.3 Å². The molecule has 0 saturated carbocycles. The minimum absolute atomic E-state index is 0.00121. The fourth-order valence-electron chi connectivity index (χ4n) is 4.49. The minimum Gasteiger partial charge on any atom is -0.375 e. The van der Waals surface area contributed by atoms with Crippen molar-refractivity contribution in [1.82, 2.24) is 9.55 Å². The van der Waals surface area contributed by atoms with E-state index in [1.807, 2.05) is 0 Å². The number of aromatic amines is 1. The highest BCUT2D eigenvalue weighted by molar-refractivity contribution is 7.53. The molecule has 1 fully saturated rings. The third-order valence-electron chi connectivity index (χ3n) is 6.93. The van der Waals surface area contributed by atoms with Gasteiger partial charge in [0.2, 0.25) is 0 Å². The Kier molecular flexibility index (Phi) is 14.0. The van der Waals surface area contributed by atoms with Gasteiger partial charge >= 0.3 is 13.3 Å². The fraction of sp³-hybridized carbons (Fsp3) is 0.778. The van der Waals surface area contributed by atoms with Gasteiger partial charge in [0.15, 0.2) is 6.23 Å². The molecule has 10 nitrogen and oxygen atoms in total. The average molecular weight is 557 g/mol. The number of ether oxygens (including phenoxy) is 3. The van der Waals surface area contributed by atoms with Gasteiger partial charge in [-0.2, -0.15) is 0 Å². The first-order chi connectivity index (χ1) is 18.2. The zero-order chi connectivity index (χ0) is 28.1. The van der Waals surface area contributed by atoms with Crippen LogP contribution < -0.4 is 11.2 Å². The van der Waals surface area contributed by atoms with Gasteiger partial charge in [0.1, 0.15) is 24.9 Å². The lowest BCUT2D eigenvalue weighted by Crippen LogP contribution is -2.41. The molecular weight excluding hydrogens is 511 g/mol. The van der Waals surface area contributed by atoms with Gasteiger partial charge in [-0.1, -0.05) is 72.1 Å². The zero-order valence-corrected chi connectivity index (χ0v) is 24.1. The Bertz CT molecular complexity index is 1030. The second-order valence-electron chi connectivity index (χ2n) is 9.90. The molecule has 0 aromatic carbocycles. The van der Waals surface area contributed by atoms with Crippen LogP contribution in [0.3, 0.4) is 0 Å². The van der Waals surface area contributed by atoms with Crippen molar-refractivity contribution in [2.75, 3.05) is 13.2 Å². The number of nitrogens with zero attached hydrogens (tertiary/aromatic N) is 1. The maximum Gasteiger partial charge on any atom is 0.331 e. The summed E-state index contributed by atoms with van der Waals surface area (Å²) in [6.45, 7) is 7.67. The molecule has 2 rings (SSSR count). The van der Waals surface area contributed by atoms with Crippen LogP contribution in [0.2, 0.25) is 0 Å². The summed E-state index contributed by atoms with van der Waals surface area (Å²) in [6.07, 6.45) is 11.8. The van der Waals surface area contributed by atoms with Gasteiger partial charge in [0, 0.05) is 12.3 Å². The van der Waals surface area contributed by atoms with Gasteiger partial charge < -0.3 is 19.1 Å². The smallest absolute Gasteiger partial charge is 0.331 e. The first-order valence-corrected chi connectivity index (χ1v) is 15.5. The number of terminal acetylenes is 1. The van der Waals surface area contributed by atoms with Crippen molar-refractivity contribution < 1.29 is 28.2 Å².